The zero-order valence-corrected chi connectivity index (χ0v) is 16.0. The van der Waals surface area contributed by atoms with Crippen molar-refractivity contribution in [2.24, 2.45) is 5.92 Å². The highest BCUT2D eigenvalue weighted by molar-refractivity contribution is 5.94. The second-order valence-electron chi connectivity index (χ2n) is 8.27. The van der Waals surface area contributed by atoms with Crippen LogP contribution >= 0.6 is 0 Å². The van der Waals surface area contributed by atoms with Crippen LogP contribution in [0.15, 0.2) is 24.3 Å². The van der Waals surface area contributed by atoms with Gasteiger partial charge in [-0.15, -0.1) is 0 Å². The highest BCUT2D eigenvalue weighted by Gasteiger charge is 2.22. The van der Waals surface area contributed by atoms with Gasteiger partial charge in [0.15, 0.2) is 0 Å². The number of amides is 2. The first-order valence-electron chi connectivity index (χ1n) is 9.45. The Morgan fingerprint density at radius 3 is 2.32 bits per heavy atom. The van der Waals surface area contributed by atoms with Gasteiger partial charge in [-0.2, -0.15) is 0 Å². The Hall–Kier alpha value is -1.84. The Kier molecular flexibility index (Phi) is 6.63. The summed E-state index contributed by atoms with van der Waals surface area (Å²) < 4.78 is 0. The molecule has 0 bridgehead atoms. The predicted octanol–water partition coefficient (Wildman–Crippen LogP) is 3.80. The first-order valence-corrected chi connectivity index (χ1v) is 9.45. The standard InChI is InChI=1S/C21H32N2O2/c1-15-7-5-6-8-18(15)23-19(24)13-14-22-20(25)16-9-11-17(12-10-16)21(2,3)4/h9-12,15,18H,5-8,13-14H2,1-4H3,(H,22,25)(H,23,24)/t15-,18-/m1/s1. The minimum atomic E-state index is -0.126. The maximum atomic E-state index is 12.2. The number of carbonyl (C=O) groups is 2. The van der Waals surface area contributed by atoms with Crippen LogP contribution in [-0.4, -0.2) is 24.4 Å². The quantitative estimate of drug-likeness (QED) is 0.853. The van der Waals surface area contributed by atoms with Gasteiger partial charge in [0.25, 0.3) is 5.91 Å². The first kappa shape index (κ1) is 19.5. The molecule has 4 nitrogen and oxygen atoms in total. The molecule has 2 N–H and O–H groups in total. The maximum Gasteiger partial charge on any atom is 0.251 e. The molecule has 1 saturated carbocycles. The predicted molar refractivity (Wildman–Crippen MR) is 102 cm³/mol. The number of rotatable bonds is 5. The molecular weight excluding hydrogens is 312 g/mol. The monoisotopic (exact) mass is 344 g/mol. The molecule has 25 heavy (non-hydrogen) atoms. The molecule has 4 heteroatoms. The molecule has 1 aromatic carbocycles. The van der Waals surface area contributed by atoms with Crippen molar-refractivity contribution in [2.75, 3.05) is 6.54 Å². The van der Waals surface area contributed by atoms with Crippen molar-refractivity contribution in [3.05, 3.63) is 35.4 Å². The molecule has 1 aliphatic carbocycles. The Morgan fingerprint density at radius 1 is 1.08 bits per heavy atom. The highest BCUT2D eigenvalue weighted by Crippen LogP contribution is 2.24. The SMILES string of the molecule is C[C@@H]1CCCC[C@H]1NC(=O)CCNC(=O)c1ccc(C(C)(C)C)cc1. The van der Waals surface area contributed by atoms with Crippen LogP contribution in [0.4, 0.5) is 0 Å². The van der Waals surface area contributed by atoms with Gasteiger partial charge in [0.05, 0.1) is 0 Å². The second kappa shape index (κ2) is 8.50. The van der Waals surface area contributed by atoms with Gasteiger partial charge < -0.3 is 10.6 Å². The van der Waals surface area contributed by atoms with E-state index in [9.17, 15) is 9.59 Å². The molecule has 138 valence electrons. The second-order valence-corrected chi connectivity index (χ2v) is 8.27. The van der Waals surface area contributed by atoms with Crippen molar-refractivity contribution < 1.29 is 9.59 Å². The van der Waals surface area contributed by atoms with Crippen LogP contribution in [0, 0.1) is 5.92 Å². The van der Waals surface area contributed by atoms with Crippen LogP contribution in [0.25, 0.3) is 0 Å². The minimum absolute atomic E-state index is 0.0298. The summed E-state index contributed by atoms with van der Waals surface area (Å²) in [5.74, 6) is 0.454. The lowest BCUT2D eigenvalue weighted by atomic mass is 9.86. The lowest BCUT2D eigenvalue weighted by Crippen LogP contribution is -2.42. The molecule has 0 unspecified atom stereocenters. The Balaban J connectivity index is 1.75. The fourth-order valence-electron chi connectivity index (χ4n) is 3.32. The third-order valence-corrected chi connectivity index (χ3v) is 5.11. The largest absolute Gasteiger partial charge is 0.353 e. The Morgan fingerprint density at radius 2 is 1.72 bits per heavy atom. The summed E-state index contributed by atoms with van der Waals surface area (Å²) in [7, 11) is 0. The maximum absolute atomic E-state index is 12.2. The number of nitrogens with one attached hydrogen (secondary N) is 2. The summed E-state index contributed by atoms with van der Waals surface area (Å²) in [6.45, 7) is 9.01. The van der Waals surface area contributed by atoms with Gasteiger partial charge in [-0.25, -0.2) is 0 Å². The van der Waals surface area contributed by atoms with E-state index < -0.39 is 0 Å². The number of hydrogen-bond donors (Lipinski definition) is 2. The third kappa shape index (κ3) is 5.87. The number of benzene rings is 1. The fourth-order valence-corrected chi connectivity index (χ4v) is 3.32. The summed E-state index contributed by atoms with van der Waals surface area (Å²) in [6.07, 6.45) is 5.04. The molecule has 1 aromatic rings. The molecule has 1 fully saturated rings. The number of carbonyl (C=O) groups excluding carboxylic acids is 2. The fraction of sp³-hybridized carbons (Fsp3) is 0.619. The molecule has 2 rings (SSSR count). The van der Waals surface area contributed by atoms with E-state index in [2.05, 4.69) is 38.3 Å². The van der Waals surface area contributed by atoms with E-state index in [1.807, 2.05) is 24.3 Å². The van der Waals surface area contributed by atoms with Crippen LogP contribution in [-0.2, 0) is 10.2 Å². The van der Waals surface area contributed by atoms with Crippen molar-refractivity contribution in [2.45, 2.75) is 71.3 Å². The van der Waals surface area contributed by atoms with E-state index in [4.69, 9.17) is 0 Å². The van der Waals surface area contributed by atoms with Crippen LogP contribution in [0.1, 0.15) is 75.7 Å². The highest BCUT2D eigenvalue weighted by atomic mass is 16.2. The van der Waals surface area contributed by atoms with Crippen LogP contribution in [0.5, 0.6) is 0 Å². The molecule has 2 atom stereocenters. The van der Waals surface area contributed by atoms with Crippen LogP contribution < -0.4 is 10.6 Å². The molecule has 0 aromatic heterocycles. The molecule has 2 amide bonds. The zero-order chi connectivity index (χ0) is 18.4. The first-order chi connectivity index (χ1) is 11.8. The molecule has 0 spiro atoms. The lowest BCUT2D eigenvalue weighted by molar-refractivity contribution is -0.122. The molecule has 0 saturated heterocycles. The summed E-state index contributed by atoms with van der Waals surface area (Å²) in [5, 5.41) is 5.95. The van der Waals surface area contributed by atoms with Gasteiger partial charge in [0.1, 0.15) is 0 Å². The van der Waals surface area contributed by atoms with Gasteiger partial charge in [-0.1, -0.05) is 52.7 Å². The average Bonchev–Trinajstić information content (AvgIpc) is 2.56. The van der Waals surface area contributed by atoms with Crippen LogP contribution in [0.2, 0.25) is 0 Å². The smallest absolute Gasteiger partial charge is 0.251 e. The summed E-state index contributed by atoms with van der Waals surface area (Å²) in [5.41, 5.74) is 1.91. The summed E-state index contributed by atoms with van der Waals surface area (Å²) in [6, 6.07) is 7.97. The molecule has 0 radical (unpaired) electrons. The lowest BCUT2D eigenvalue weighted by Gasteiger charge is -2.29. The summed E-state index contributed by atoms with van der Waals surface area (Å²) in [4.78, 5) is 24.3. The summed E-state index contributed by atoms with van der Waals surface area (Å²) >= 11 is 0. The Bertz CT molecular complexity index is 587. The molecular formula is C21H32N2O2. The van der Waals surface area contributed by atoms with E-state index in [0.29, 0.717) is 30.5 Å². The van der Waals surface area contributed by atoms with Gasteiger partial charge in [-0.3, -0.25) is 9.59 Å². The molecule has 0 heterocycles. The van der Waals surface area contributed by atoms with Crippen molar-refractivity contribution in [3.63, 3.8) is 0 Å². The number of hydrogen-bond acceptors (Lipinski definition) is 2. The zero-order valence-electron chi connectivity index (χ0n) is 16.0. The van der Waals surface area contributed by atoms with Crippen molar-refractivity contribution in [1.29, 1.82) is 0 Å². The normalized spacial score (nSPS) is 20.8. The molecule has 0 aliphatic heterocycles. The van der Waals surface area contributed by atoms with Gasteiger partial charge in [-0.05, 0) is 41.9 Å². The van der Waals surface area contributed by atoms with Crippen molar-refractivity contribution in [1.82, 2.24) is 10.6 Å². The topological polar surface area (TPSA) is 58.2 Å². The van der Waals surface area contributed by atoms with Gasteiger partial charge in [0, 0.05) is 24.6 Å². The molecule has 1 aliphatic rings. The van der Waals surface area contributed by atoms with E-state index in [-0.39, 0.29) is 17.2 Å². The minimum Gasteiger partial charge on any atom is -0.353 e. The van der Waals surface area contributed by atoms with Gasteiger partial charge in [0.2, 0.25) is 5.91 Å². The van der Waals surface area contributed by atoms with E-state index in [1.54, 1.807) is 0 Å². The van der Waals surface area contributed by atoms with E-state index >= 15 is 0 Å². The van der Waals surface area contributed by atoms with Crippen molar-refractivity contribution in [3.8, 4) is 0 Å². The van der Waals surface area contributed by atoms with Gasteiger partial charge >= 0.3 is 0 Å². The van der Waals surface area contributed by atoms with E-state index in [0.717, 1.165) is 6.42 Å². The van der Waals surface area contributed by atoms with Crippen LogP contribution in [0.3, 0.4) is 0 Å². The van der Waals surface area contributed by atoms with Crippen molar-refractivity contribution >= 4 is 11.8 Å². The average molecular weight is 344 g/mol. The Labute approximate surface area is 151 Å². The van der Waals surface area contributed by atoms with E-state index in [1.165, 1.54) is 24.8 Å². The third-order valence-electron chi connectivity index (χ3n) is 5.11.